The van der Waals surface area contributed by atoms with Crippen molar-refractivity contribution in [1.29, 1.82) is 0 Å². The zero-order valence-corrected chi connectivity index (χ0v) is 18.5. The van der Waals surface area contributed by atoms with E-state index in [1.165, 1.54) is 0 Å². The molecular weight excluding hydrogens is 392 g/mol. The lowest BCUT2D eigenvalue weighted by Crippen LogP contribution is -2.51. The summed E-state index contributed by atoms with van der Waals surface area (Å²) >= 11 is 0. The molecule has 0 radical (unpaired) electrons. The van der Waals surface area contributed by atoms with Gasteiger partial charge in [-0.25, -0.2) is 0 Å². The Bertz CT molecular complexity index is 897. The van der Waals surface area contributed by atoms with Gasteiger partial charge in [0.1, 0.15) is 11.5 Å². The fraction of sp³-hybridized carbons (Fsp3) is 0.480. The van der Waals surface area contributed by atoms with Crippen LogP contribution in [0.25, 0.3) is 0 Å². The summed E-state index contributed by atoms with van der Waals surface area (Å²) in [5, 5.41) is 0. The predicted molar refractivity (Wildman–Crippen MR) is 121 cm³/mol. The van der Waals surface area contributed by atoms with E-state index in [1.54, 1.807) is 14.2 Å². The van der Waals surface area contributed by atoms with Crippen LogP contribution in [0.2, 0.25) is 0 Å². The summed E-state index contributed by atoms with van der Waals surface area (Å²) in [6.45, 7) is 4.19. The first-order chi connectivity index (χ1) is 15.2. The maximum Gasteiger partial charge on any atom is 0.233 e. The third-order valence-corrected chi connectivity index (χ3v) is 6.60. The molecule has 2 saturated heterocycles. The first-order valence-corrected chi connectivity index (χ1v) is 11.1. The number of morpholine rings is 1. The Morgan fingerprint density at radius 1 is 0.935 bits per heavy atom. The van der Waals surface area contributed by atoms with Crippen molar-refractivity contribution in [3.8, 4) is 11.5 Å². The number of para-hydroxylation sites is 2. The first kappa shape index (κ1) is 21.5. The lowest BCUT2D eigenvalue weighted by Gasteiger charge is -2.39. The molecule has 1 amide bonds. The van der Waals surface area contributed by atoms with E-state index in [-0.39, 0.29) is 5.91 Å². The molecule has 6 nitrogen and oxygen atoms in total. The Kier molecular flexibility index (Phi) is 6.66. The molecule has 0 aromatic heterocycles. The molecule has 2 heterocycles. The van der Waals surface area contributed by atoms with Gasteiger partial charge in [-0.15, -0.1) is 0 Å². The molecule has 2 aliphatic rings. The Balaban J connectivity index is 1.68. The molecule has 0 N–H and O–H groups in total. The van der Waals surface area contributed by atoms with Gasteiger partial charge in [-0.05, 0) is 49.1 Å². The zero-order chi connectivity index (χ0) is 21.7. The van der Waals surface area contributed by atoms with Crippen molar-refractivity contribution in [3.63, 3.8) is 0 Å². The van der Waals surface area contributed by atoms with E-state index < -0.39 is 5.41 Å². The van der Waals surface area contributed by atoms with E-state index in [1.807, 2.05) is 41.3 Å². The average molecular weight is 425 g/mol. The number of nitrogens with zero attached hydrogens (tertiary/aromatic N) is 2. The Hall–Kier alpha value is -2.73. The highest BCUT2D eigenvalue weighted by molar-refractivity contribution is 5.89. The standard InChI is InChI=1S/C25H32N2O4/c1-29-21-8-5-7-20(19-21)25(24(28)27-15-17-31-18-16-27)11-6-13-26(14-12-25)22-9-3-4-10-23(22)30-2/h3-5,7-10,19H,6,11-18H2,1-2H3. The van der Waals surface area contributed by atoms with Crippen LogP contribution in [0.1, 0.15) is 24.8 Å². The molecule has 2 fully saturated rings. The third-order valence-electron chi connectivity index (χ3n) is 6.60. The normalized spacial score (nSPS) is 22.0. The van der Waals surface area contributed by atoms with Crippen molar-refractivity contribution in [2.75, 3.05) is 58.5 Å². The maximum absolute atomic E-state index is 14.0. The second kappa shape index (κ2) is 9.60. The van der Waals surface area contributed by atoms with Crippen LogP contribution in [-0.2, 0) is 14.9 Å². The van der Waals surface area contributed by atoms with Crippen molar-refractivity contribution in [1.82, 2.24) is 4.90 Å². The van der Waals surface area contributed by atoms with E-state index in [2.05, 4.69) is 17.0 Å². The number of amides is 1. The number of hydrogen-bond acceptors (Lipinski definition) is 5. The SMILES string of the molecule is COc1cccc(C2(C(=O)N3CCOCC3)CCCN(c3ccccc3OC)CC2)c1. The minimum atomic E-state index is -0.567. The smallest absolute Gasteiger partial charge is 0.233 e. The second-order valence-electron chi connectivity index (χ2n) is 8.23. The van der Waals surface area contributed by atoms with Gasteiger partial charge >= 0.3 is 0 Å². The number of carbonyl (C=O) groups is 1. The van der Waals surface area contributed by atoms with Gasteiger partial charge in [-0.2, -0.15) is 0 Å². The highest BCUT2D eigenvalue weighted by Crippen LogP contribution is 2.41. The van der Waals surface area contributed by atoms with Crippen LogP contribution in [0.15, 0.2) is 48.5 Å². The van der Waals surface area contributed by atoms with Crippen LogP contribution < -0.4 is 14.4 Å². The summed E-state index contributed by atoms with van der Waals surface area (Å²) in [6.07, 6.45) is 2.47. The lowest BCUT2D eigenvalue weighted by atomic mass is 9.73. The molecule has 0 spiro atoms. The van der Waals surface area contributed by atoms with Gasteiger partial charge in [-0.3, -0.25) is 4.79 Å². The van der Waals surface area contributed by atoms with Gasteiger partial charge in [0.05, 0.1) is 38.5 Å². The summed E-state index contributed by atoms with van der Waals surface area (Å²) in [7, 11) is 3.38. The number of ether oxygens (including phenoxy) is 3. The number of benzene rings is 2. The largest absolute Gasteiger partial charge is 0.497 e. The first-order valence-electron chi connectivity index (χ1n) is 11.1. The molecule has 1 atom stereocenters. The molecule has 0 saturated carbocycles. The van der Waals surface area contributed by atoms with Crippen molar-refractivity contribution < 1.29 is 19.0 Å². The number of rotatable bonds is 5. The second-order valence-corrected chi connectivity index (χ2v) is 8.23. The lowest BCUT2D eigenvalue weighted by molar-refractivity contribution is -0.142. The van der Waals surface area contributed by atoms with Crippen LogP contribution in [0.4, 0.5) is 5.69 Å². The van der Waals surface area contributed by atoms with Gasteiger partial charge in [0.15, 0.2) is 0 Å². The third kappa shape index (κ3) is 4.35. The van der Waals surface area contributed by atoms with E-state index in [4.69, 9.17) is 14.2 Å². The molecule has 1 unspecified atom stereocenters. The maximum atomic E-state index is 14.0. The quantitative estimate of drug-likeness (QED) is 0.736. The van der Waals surface area contributed by atoms with Crippen molar-refractivity contribution in [2.45, 2.75) is 24.7 Å². The molecule has 0 aliphatic carbocycles. The fourth-order valence-corrected chi connectivity index (χ4v) is 4.88. The van der Waals surface area contributed by atoms with E-state index in [0.717, 1.165) is 55.1 Å². The monoisotopic (exact) mass is 424 g/mol. The molecule has 2 aliphatic heterocycles. The van der Waals surface area contributed by atoms with Gasteiger partial charge in [0, 0.05) is 26.2 Å². The predicted octanol–water partition coefficient (Wildman–Crippen LogP) is 3.49. The van der Waals surface area contributed by atoms with Gasteiger partial charge in [0.2, 0.25) is 5.91 Å². The summed E-state index contributed by atoms with van der Waals surface area (Å²) in [6, 6.07) is 16.2. The Morgan fingerprint density at radius 3 is 2.52 bits per heavy atom. The molecule has 31 heavy (non-hydrogen) atoms. The number of carbonyl (C=O) groups excluding carboxylic acids is 1. The van der Waals surface area contributed by atoms with Crippen molar-refractivity contribution in [2.24, 2.45) is 0 Å². The number of hydrogen-bond donors (Lipinski definition) is 0. The molecule has 166 valence electrons. The number of methoxy groups -OCH3 is 2. The van der Waals surface area contributed by atoms with E-state index >= 15 is 0 Å². The van der Waals surface area contributed by atoms with Crippen LogP contribution in [-0.4, -0.2) is 64.4 Å². The molecule has 4 rings (SSSR count). The molecule has 2 aromatic carbocycles. The van der Waals surface area contributed by atoms with E-state index in [9.17, 15) is 4.79 Å². The fourth-order valence-electron chi connectivity index (χ4n) is 4.88. The van der Waals surface area contributed by atoms with Crippen LogP contribution >= 0.6 is 0 Å². The average Bonchev–Trinajstić information content (AvgIpc) is 3.08. The minimum Gasteiger partial charge on any atom is -0.497 e. The number of anilines is 1. The highest BCUT2D eigenvalue weighted by Gasteiger charge is 2.44. The summed E-state index contributed by atoms with van der Waals surface area (Å²) in [4.78, 5) is 18.3. The van der Waals surface area contributed by atoms with Gasteiger partial charge in [-0.1, -0.05) is 24.3 Å². The summed E-state index contributed by atoms with van der Waals surface area (Å²) in [5.41, 5.74) is 1.57. The summed E-state index contributed by atoms with van der Waals surface area (Å²) < 4.78 is 16.6. The molecule has 2 aromatic rings. The van der Waals surface area contributed by atoms with Crippen LogP contribution in [0, 0.1) is 0 Å². The van der Waals surface area contributed by atoms with Crippen LogP contribution in [0.3, 0.4) is 0 Å². The van der Waals surface area contributed by atoms with Crippen molar-refractivity contribution in [3.05, 3.63) is 54.1 Å². The molecule has 0 bridgehead atoms. The minimum absolute atomic E-state index is 0.214. The Labute approximate surface area is 184 Å². The van der Waals surface area contributed by atoms with Crippen molar-refractivity contribution >= 4 is 11.6 Å². The van der Waals surface area contributed by atoms with Crippen LogP contribution in [0.5, 0.6) is 11.5 Å². The molecular formula is C25H32N2O4. The topological polar surface area (TPSA) is 51.2 Å². The summed E-state index contributed by atoms with van der Waals surface area (Å²) in [5.74, 6) is 1.87. The van der Waals surface area contributed by atoms with Gasteiger partial charge < -0.3 is 24.0 Å². The Morgan fingerprint density at radius 2 is 1.74 bits per heavy atom. The zero-order valence-electron chi connectivity index (χ0n) is 18.5. The van der Waals surface area contributed by atoms with E-state index in [0.29, 0.717) is 26.3 Å². The van der Waals surface area contributed by atoms with Gasteiger partial charge in [0.25, 0.3) is 0 Å². The molecule has 6 heteroatoms. The highest BCUT2D eigenvalue weighted by atomic mass is 16.5.